The summed E-state index contributed by atoms with van der Waals surface area (Å²) in [5, 5.41) is 3.00. The van der Waals surface area contributed by atoms with Crippen molar-refractivity contribution in [3.05, 3.63) is 35.9 Å². The summed E-state index contributed by atoms with van der Waals surface area (Å²) in [4.78, 5) is 35.9. The van der Waals surface area contributed by atoms with Crippen molar-refractivity contribution in [3.8, 4) is 0 Å². The Morgan fingerprint density at radius 1 is 1.18 bits per heavy atom. The second-order valence-electron chi connectivity index (χ2n) is 5.79. The fourth-order valence-corrected chi connectivity index (χ4v) is 2.59. The molecule has 28 heavy (non-hydrogen) atoms. The van der Waals surface area contributed by atoms with E-state index in [2.05, 4.69) is 20.3 Å². The predicted octanol–water partition coefficient (Wildman–Crippen LogP) is 2.38. The molecule has 0 saturated heterocycles. The number of fused-ring (bicyclic) bond motifs is 1. The highest BCUT2D eigenvalue weighted by molar-refractivity contribution is 6.28. The first kappa shape index (κ1) is 21.4. The number of ether oxygens (including phenoxy) is 2. The molecule has 0 aliphatic carbocycles. The number of carbonyl (C=O) groups excluding carboxylic acids is 2. The maximum atomic E-state index is 11.6. The summed E-state index contributed by atoms with van der Waals surface area (Å²) in [6.07, 6.45) is 7.41. The lowest BCUT2D eigenvalue weighted by molar-refractivity contribution is -0.143. The molecule has 2 aromatic heterocycles. The van der Waals surface area contributed by atoms with E-state index in [1.807, 2.05) is 0 Å². The number of halogens is 1. The summed E-state index contributed by atoms with van der Waals surface area (Å²) < 4.78 is 12.2. The molecule has 0 fully saturated rings. The van der Waals surface area contributed by atoms with E-state index in [-0.39, 0.29) is 24.4 Å². The van der Waals surface area contributed by atoms with Crippen LogP contribution < -0.4 is 5.32 Å². The molecule has 0 aromatic carbocycles. The van der Waals surface area contributed by atoms with Crippen LogP contribution in [0.25, 0.3) is 11.2 Å². The zero-order valence-electron chi connectivity index (χ0n) is 15.9. The van der Waals surface area contributed by atoms with Crippen LogP contribution in [0.1, 0.15) is 13.8 Å². The van der Waals surface area contributed by atoms with Crippen LogP contribution in [0, 0.1) is 5.92 Å². The smallest absolute Gasteiger partial charge is 0.330 e. The average molecular weight is 408 g/mol. The molecule has 0 bridgehead atoms. The molecule has 0 spiro atoms. The largest absolute Gasteiger partial charge is 0.462 e. The lowest BCUT2D eigenvalue weighted by Crippen LogP contribution is -2.24. The molecular weight excluding hydrogens is 386 g/mol. The zero-order valence-corrected chi connectivity index (χ0v) is 16.6. The third-order valence-electron chi connectivity index (χ3n) is 3.66. The van der Waals surface area contributed by atoms with Crippen molar-refractivity contribution in [2.24, 2.45) is 5.92 Å². The van der Waals surface area contributed by atoms with Gasteiger partial charge in [-0.1, -0.05) is 12.2 Å². The fourth-order valence-electron chi connectivity index (χ4n) is 2.43. The molecule has 9 nitrogen and oxygen atoms in total. The Labute approximate surface area is 167 Å². The van der Waals surface area contributed by atoms with Gasteiger partial charge in [0.05, 0.1) is 19.5 Å². The van der Waals surface area contributed by atoms with Gasteiger partial charge < -0.3 is 19.4 Å². The van der Waals surface area contributed by atoms with Gasteiger partial charge in [-0.25, -0.2) is 14.6 Å². The van der Waals surface area contributed by atoms with Crippen LogP contribution in [-0.4, -0.2) is 51.7 Å². The first-order valence-corrected chi connectivity index (χ1v) is 9.01. The van der Waals surface area contributed by atoms with Gasteiger partial charge in [-0.3, -0.25) is 0 Å². The highest BCUT2D eigenvalue weighted by atomic mass is 35.5. The number of esters is 2. The summed E-state index contributed by atoms with van der Waals surface area (Å²) in [6.45, 7) is 3.91. The Kier molecular flexibility index (Phi) is 7.94. The number of rotatable bonds is 9. The molecule has 0 aliphatic rings. The van der Waals surface area contributed by atoms with Crippen molar-refractivity contribution in [2.45, 2.75) is 20.4 Å². The van der Waals surface area contributed by atoms with Gasteiger partial charge in [0.15, 0.2) is 17.0 Å². The number of hydrogen-bond acceptors (Lipinski definition) is 8. The van der Waals surface area contributed by atoms with Crippen LogP contribution >= 0.6 is 11.6 Å². The zero-order chi connectivity index (χ0) is 20.5. The maximum absolute atomic E-state index is 11.6. The number of carbonyl (C=O) groups is 2. The number of aromatic nitrogens is 4. The Hall–Kier alpha value is -2.94. The first-order chi connectivity index (χ1) is 13.5. The minimum atomic E-state index is -0.467. The Morgan fingerprint density at radius 3 is 2.32 bits per heavy atom. The highest BCUT2D eigenvalue weighted by Gasteiger charge is 2.18. The molecule has 1 atom stereocenters. The van der Waals surface area contributed by atoms with Gasteiger partial charge in [-0.05, 0) is 25.4 Å². The minimum Gasteiger partial charge on any atom is -0.462 e. The van der Waals surface area contributed by atoms with Gasteiger partial charge in [0, 0.05) is 31.7 Å². The SMILES string of the molecule is C/C=C\C(=O)OCC(COC(=O)/C=C/C)Cn1cnc2c(NC)nc(Cl)nc21. The normalized spacial score (nSPS) is 12.6. The molecule has 0 aliphatic heterocycles. The van der Waals surface area contributed by atoms with Crippen molar-refractivity contribution in [1.82, 2.24) is 19.5 Å². The highest BCUT2D eigenvalue weighted by Crippen LogP contribution is 2.21. The maximum Gasteiger partial charge on any atom is 0.330 e. The molecule has 0 amide bonds. The van der Waals surface area contributed by atoms with Gasteiger partial charge in [-0.15, -0.1) is 0 Å². The van der Waals surface area contributed by atoms with Gasteiger partial charge in [-0.2, -0.15) is 9.97 Å². The Bertz CT molecular complexity index is 865. The van der Waals surface area contributed by atoms with Crippen molar-refractivity contribution in [2.75, 3.05) is 25.6 Å². The number of hydrogen-bond donors (Lipinski definition) is 1. The molecule has 10 heteroatoms. The fraction of sp³-hybridized carbons (Fsp3) is 0.389. The van der Waals surface area contributed by atoms with Crippen molar-refractivity contribution < 1.29 is 19.1 Å². The topological polar surface area (TPSA) is 108 Å². The quantitative estimate of drug-likeness (QED) is 0.383. The van der Waals surface area contributed by atoms with E-state index in [1.165, 1.54) is 12.2 Å². The number of imidazole rings is 1. The second kappa shape index (κ2) is 10.4. The summed E-state index contributed by atoms with van der Waals surface area (Å²) in [5.74, 6) is -0.742. The Morgan fingerprint density at radius 2 is 1.79 bits per heavy atom. The lowest BCUT2D eigenvalue weighted by atomic mass is 10.1. The molecule has 0 saturated carbocycles. The van der Waals surface area contributed by atoms with Crippen molar-refractivity contribution >= 4 is 40.5 Å². The monoisotopic (exact) mass is 407 g/mol. The van der Waals surface area contributed by atoms with Crippen LogP contribution in [0.2, 0.25) is 5.28 Å². The van der Waals surface area contributed by atoms with Gasteiger partial charge in [0.2, 0.25) is 5.28 Å². The minimum absolute atomic E-state index is 0.0592. The molecule has 0 radical (unpaired) electrons. The van der Waals surface area contributed by atoms with Crippen molar-refractivity contribution in [1.29, 1.82) is 0 Å². The molecular formula is C18H22ClN5O4. The summed E-state index contributed by atoms with van der Waals surface area (Å²) >= 11 is 5.99. The molecule has 2 heterocycles. The first-order valence-electron chi connectivity index (χ1n) is 8.63. The summed E-state index contributed by atoms with van der Waals surface area (Å²) in [6, 6.07) is 0. The van der Waals surface area contributed by atoms with Gasteiger partial charge >= 0.3 is 11.9 Å². The van der Waals surface area contributed by atoms with E-state index in [1.54, 1.807) is 43.9 Å². The van der Waals surface area contributed by atoms with E-state index in [0.29, 0.717) is 23.5 Å². The second-order valence-corrected chi connectivity index (χ2v) is 6.12. The summed E-state index contributed by atoms with van der Waals surface area (Å²) in [5.41, 5.74) is 1.08. The molecule has 1 N–H and O–H groups in total. The van der Waals surface area contributed by atoms with Crippen LogP contribution in [-0.2, 0) is 25.6 Å². The molecule has 1 unspecified atom stereocenters. The molecule has 2 rings (SSSR count). The van der Waals surface area contributed by atoms with Crippen LogP contribution in [0.5, 0.6) is 0 Å². The molecule has 2 aromatic rings. The lowest BCUT2D eigenvalue weighted by Gasteiger charge is -2.17. The third kappa shape index (κ3) is 5.78. The predicted molar refractivity (Wildman–Crippen MR) is 105 cm³/mol. The number of anilines is 1. The van der Waals surface area contributed by atoms with Gasteiger partial charge in [0.25, 0.3) is 0 Å². The van der Waals surface area contributed by atoms with E-state index >= 15 is 0 Å². The third-order valence-corrected chi connectivity index (χ3v) is 3.83. The van der Waals surface area contributed by atoms with Crippen LogP contribution in [0.4, 0.5) is 5.82 Å². The average Bonchev–Trinajstić information content (AvgIpc) is 3.06. The summed E-state index contributed by atoms with van der Waals surface area (Å²) in [7, 11) is 1.71. The van der Waals surface area contributed by atoms with E-state index in [9.17, 15) is 9.59 Å². The molecule has 150 valence electrons. The van der Waals surface area contributed by atoms with Crippen LogP contribution in [0.15, 0.2) is 30.6 Å². The number of allylic oxidation sites excluding steroid dienone is 2. The Balaban J connectivity index is 2.20. The van der Waals surface area contributed by atoms with E-state index in [4.69, 9.17) is 21.1 Å². The van der Waals surface area contributed by atoms with E-state index in [0.717, 1.165) is 0 Å². The number of nitrogens with one attached hydrogen (secondary N) is 1. The number of nitrogens with zero attached hydrogens (tertiary/aromatic N) is 4. The van der Waals surface area contributed by atoms with E-state index < -0.39 is 11.9 Å². The standard InChI is InChI=1S/C18H22ClN5O4/c1-4-6-13(25)27-9-12(10-28-14(26)7-5-2)8-24-11-21-15-16(20-3)22-18(19)23-17(15)24/h4-7,11-12H,8-10H2,1-3H3,(H,20,22,23)/b6-4-,7-5+. The van der Waals surface area contributed by atoms with Crippen LogP contribution in [0.3, 0.4) is 0 Å². The van der Waals surface area contributed by atoms with Crippen molar-refractivity contribution in [3.63, 3.8) is 0 Å². The van der Waals surface area contributed by atoms with Gasteiger partial charge in [0.1, 0.15) is 0 Å².